The second-order valence-corrected chi connectivity index (χ2v) is 3.31. The molecule has 0 aliphatic heterocycles. The number of rotatable bonds is 5. The van der Waals surface area contributed by atoms with E-state index in [1.165, 1.54) is 0 Å². The van der Waals surface area contributed by atoms with Crippen LogP contribution in [0, 0.1) is 0 Å². The Morgan fingerprint density at radius 1 is 1.33 bits per heavy atom. The molecule has 0 aromatic heterocycles. The van der Waals surface area contributed by atoms with Gasteiger partial charge in [-0.15, -0.1) is 0 Å². The molecule has 0 spiro atoms. The Kier molecular flexibility index (Phi) is 8.04. The van der Waals surface area contributed by atoms with Crippen LogP contribution in [0.15, 0.2) is 0 Å². The molecular weight excluding hydrogens is 202 g/mol. The van der Waals surface area contributed by atoms with Gasteiger partial charge in [0.1, 0.15) is 0 Å². The van der Waals surface area contributed by atoms with Crippen LogP contribution in [0.3, 0.4) is 0 Å². The zero-order valence-electron chi connectivity index (χ0n) is 5.19. The molecule has 0 rings (SSSR count). The van der Waals surface area contributed by atoms with Gasteiger partial charge in [-0.3, -0.25) is 0 Å². The molecule has 9 heavy (non-hydrogen) atoms. The summed E-state index contributed by atoms with van der Waals surface area (Å²) in [6.07, 6.45) is 3.19. The van der Waals surface area contributed by atoms with Crippen molar-refractivity contribution in [3.63, 3.8) is 0 Å². The first-order chi connectivity index (χ1) is 4.31. The summed E-state index contributed by atoms with van der Waals surface area (Å²) in [5.74, 6) is 0.741. The van der Waals surface area contributed by atoms with Crippen LogP contribution in [0.4, 0.5) is 0 Å². The average Bonchev–Trinajstić information content (AvgIpc) is 1.89. The third-order valence-electron chi connectivity index (χ3n) is 1.04. The summed E-state index contributed by atoms with van der Waals surface area (Å²) in [6, 6.07) is 0. The summed E-state index contributed by atoms with van der Waals surface area (Å²) in [5, 5.41) is 0.900. The Labute approximate surface area is 74.7 Å². The summed E-state index contributed by atoms with van der Waals surface area (Å²) in [6.45, 7) is 0. The summed E-state index contributed by atoms with van der Waals surface area (Å²) in [4.78, 5) is 0. The van der Waals surface area contributed by atoms with E-state index in [4.69, 9.17) is 23.2 Å². The SMILES string of the molecule is ClCCCCC(Cl)[CH2][Ni]. The van der Waals surface area contributed by atoms with Crippen molar-refractivity contribution in [2.45, 2.75) is 30.0 Å². The van der Waals surface area contributed by atoms with Crippen molar-refractivity contribution in [2.75, 3.05) is 5.88 Å². The molecule has 0 aliphatic carbocycles. The van der Waals surface area contributed by atoms with Gasteiger partial charge >= 0.3 is 74.6 Å². The van der Waals surface area contributed by atoms with E-state index in [9.17, 15) is 0 Å². The molecule has 0 heterocycles. The summed E-state index contributed by atoms with van der Waals surface area (Å²) < 4.78 is 0. The first-order valence-electron chi connectivity index (χ1n) is 3.03. The predicted molar refractivity (Wildman–Crippen MR) is 39.0 cm³/mol. The Balaban J connectivity index is 2.88. The molecule has 59 valence electrons. The summed E-state index contributed by atoms with van der Waals surface area (Å²) in [5.41, 5.74) is 0. The molecule has 0 saturated carbocycles. The third-order valence-corrected chi connectivity index (χ3v) is 2.37. The monoisotopic (exact) mass is 211 g/mol. The molecule has 0 amide bonds. The van der Waals surface area contributed by atoms with Crippen LogP contribution >= 0.6 is 23.2 Å². The van der Waals surface area contributed by atoms with Crippen LogP contribution < -0.4 is 0 Å². The minimum atomic E-state index is 0.202. The quantitative estimate of drug-likeness (QED) is 0.374. The maximum absolute atomic E-state index is 5.76. The predicted octanol–water partition coefficient (Wildman–Crippen LogP) is 2.97. The molecule has 0 fully saturated rings. The fourth-order valence-corrected chi connectivity index (χ4v) is 1.07. The molecule has 0 radical (unpaired) electrons. The van der Waals surface area contributed by atoms with Crippen LogP contribution in [0.5, 0.6) is 0 Å². The van der Waals surface area contributed by atoms with Gasteiger partial charge in [0, 0.05) is 0 Å². The van der Waals surface area contributed by atoms with Crippen LogP contribution in [0.2, 0.25) is 5.39 Å². The fraction of sp³-hybridized carbons (Fsp3) is 1.00. The molecule has 1 unspecified atom stereocenters. The van der Waals surface area contributed by atoms with E-state index >= 15 is 0 Å². The first-order valence-corrected chi connectivity index (χ1v) is 4.69. The van der Waals surface area contributed by atoms with Gasteiger partial charge in [-0.25, -0.2) is 0 Å². The summed E-state index contributed by atoms with van der Waals surface area (Å²) >= 11 is 15.7. The van der Waals surface area contributed by atoms with E-state index in [-0.39, 0.29) is 5.38 Å². The van der Waals surface area contributed by atoms with Crippen LogP contribution in [-0.2, 0) is 15.5 Å². The van der Waals surface area contributed by atoms with Gasteiger partial charge in [-0.1, -0.05) is 0 Å². The number of hydrogen-bond donors (Lipinski definition) is 0. The fourth-order valence-electron chi connectivity index (χ4n) is 0.525. The molecule has 0 aromatic rings. The van der Waals surface area contributed by atoms with Crippen molar-refractivity contribution in [2.24, 2.45) is 0 Å². The zero-order valence-corrected chi connectivity index (χ0v) is 7.68. The maximum atomic E-state index is 5.76. The van der Waals surface area contributed by atoms with Gasteiger partial charge < -0.3 is 0 Å². The van der Waals surface area contributed by atoms with Crippen LogP contribution in [0.25, 0.3) is 0 Å². The van der Waals surface area contributed by atoms with Crippen molar-refractivity contribution in [3.05, 3.63) is 0 Å². The van der Waals surface area contributed by atoms with E-state index in [0.717, 1.165) is 25.1 Å². The molecule has 0 nitrogen and oxygen atoms in total. The molecule has 0 N–H and O–H groups in total. The Bertz CT molecular complexity index is 59.0. The number of halogens is 2. The standard InChI is InChI=1S/C6H11Cl2.Ni/c1-6(8)4-2-3-5-7;/h6H,1-5H2;. The second-order valence-electron chi connectivity index (χ2n) is 1.91. The van der Waals surface area contributed by atoms with Gasteiger partial charge in [-0.05, 0) is 0 Å². The van der Waals surface area contributed by atoms with Crippen molar-refractivity contribution >= 4 is 23.2 Å². The van der Waals surface area contributed by atoms with Crippen molar-refractivity contribution in [1.82, 2.24) is 0 Å². The van der Waals surface area contributed by atoms with Gasteiger partial charge in [0.2, 0.25) is 0 Å². The van der Waals surface area contributed by atoms with Crippen molar-refractivity contribution < 1.29 is 15.5 Å². The van der Waals surface area contributed by atoms with Crippen molar-refractivity contribution in [1.29, 1.82) is 0 Å². The number of hydrogen-bond acceptors (Lipinski definition) is 0. The minimum absolute atomic E-state index is 0.202. The first kappa shape index (κ1) is 10.1. The topological polar surface area (TPSA) is 0 Å². The van der Waals surface area contributed by atoms with E-state index in [2.05, 4.69) is 15.5 Å². The van der Waals surface area contributed by atoms with Gasteiger partial charge in [0.25, 0.3) is 0 Å². The zero-order chi connectivity index (χ0) is 7.11. The molecule has 0 aromatic carbocycles. The summed E-state index contributed by atoms with van der Waals surface area (Å²) in [7, 11) is 0. The molecule has 0 saturated heterocycles. The molecule has 1 atom stereocenters. The Morgan fingerprint density at radius 3 is 2.44 bits per heavy atom. The van der Waals surface area contributed by atoms with Gasteiger partial charge in [0.15, 0.2) is 0 Å². The van der Waals surface area contributed by atoms with E-state index < -0.39 is 0 Å². The molecule has 3 heteroatoms. The van der Waals surface area contributed by atoms with E-state index in [1.54, 1.807) is 0 Å². The third kappa shape index (κ3) is 6.96. The Morgan fingerprint density at radius 2 is 2.00 bits per heavy atom. The average molecular weight is 213 g/mol. The molecule has 0 aliphatic rings. The number of unbranched alkanes of at least 4 members (excludes halogenated alkanes) is 1. The van der Waals surface area contributed by atoms with E-state index in [0.29, 0.717) is 5.39 Å². The van der Waals surface area contributed by atoms with Crippen LogP contribution in [0.1, 0.15) is 19.3 Å². The van der Waals surface area contributed by atoms with Gasteiger partial charge in [0.05, 0.1) is 0 Å². The van der Waals surface area contributed by atoms with Gasteiger partial charge in [-0.2, -0.15) is 0 Å². The normalized spacial score (nSPS) is 13.8. The van der Waals surface area contributed by atoms with Crippen molar-refractivity contribution in [3.8, 4) is 0 Å². The Hall–Kier alpha value is 1.07. The van der Waals surface area contributed by atoms with Crippen LogP contribution in [-0.4, -0.2) is 11.3 Å². The van der Waals surface area contributed by atoms with E-state index in [1.807, 2.05) is 0 Å². The molecular formula is C6H11Cl2Ni. The number of alkyl halides is 2. The molecule has 0 bridgehead atoms. The second kappa shape index (κ2) is 7.18.